The minimum absolute atomic E-state index is 1.12. The Labute approximate surface area is 133 Å². The fourth-order valence-electron chi connectivity index (χ4n) is 2.68. The molecule has 2 aromatic carbocycles. The van der Waals surface area contributed by atoms with Gasteiger partial charge in [-0.05, 0) is 47.6 Å². The number of aryl methyl sites for hydroxylation is 2. The summed E-state index contributed by atoms with van der Waals surface area (Å²) in [6.45, 7) is 6.16. The average molecular weight is 291 g/mol. The van der Waals surface area contributed by atoms with Crippen molar-refractivity contribution in [3.05, 3.63) is 77.5 Å². The van der Waals surface area contributed by atoms with Crippen molar-refractivity contribution in [3.8, 4) is 0 Å². The molecule has 0 atom stereocenters. The van der Waals surface area contributed by atoms with Crippen LogP contribution in [0.3, 0.4) is 0 Å². The molecule has 0 aliphatic heterocycles. The first-order valence-corrected chi connectivity index (χ1v) is 8.01. The third-order valence-electron chi connectivity index (χ3n) is 3.83. The molecule has 1 aliphatic rings. The van der Waals surface area contributed by atoms with Crippen molar-refractivity contribution in [2.24, 2.45) is 7.05 Å². The molecule has 0 unspecified atom stereocenters. The van der Waals surface area contributed by atoms with E-state index < -0.39 is 0 Å². The second kappa shape index (κ2) is 7.65. The molecule has 0 spiro atoms. The van der Waals surface area contributed by atoms with Crippen molar-refractivity contribution in [2.75, 3.05) is 0 Å². The molecule has 22 heavy (non-hydrogen) atoms. The summed E-state index contributed by atoms with van der Waals surface area (Å²) in [6.07, 6.45) is 7.63. The van der Waals surface area contributed by atoms with Crippen molar-refractivity contribution in [1.82, 2.24) is 4.57 Å². The molecular weight excluding hydrogens is 266 g/mol. The fourth-order valence-corrected chi connectivity index (χ4v) is 2.68. The zero-order valence-corrected chi connectivity index (χ0v) is 14.0. The predicted octanol–water partition coefficient (Wildman–Crippen LogP) is 5.77. The minimum Gasteiger partial charge on any atom is -0.351 e. The van der Waals surface area contributed by atoms with Crippen LogP contribution in [0.4, 0.5) is 0 Å². The first-order chi connectivity index (χ1) is 10.8. The van der Waals surface area contributed by atoms with Crippen LogP contribution >= 0.6 is 0 Å². The van der Waals surface area contributed by atoms with E-state index in [2.05, 4.69) is 85.4 Å². The molecule has 3 aromatic rings. The van der Waals surface area contributed by atoms with E-state index in [1.807, 2.05) is 13.8 Å². The van der Waals surface area contributed by atoms with Gasteiger partial charge in [-0.25, -0.2) is 0 Å². The molecule has 0 saturated carbocycles. The fraction of sp³-hybridized carbons (Fsp3) is 0.238. The van der Waals surface area contributed by atoms with Gasteiger partial charge >= 0.3 is 0 Å². The van der Waals surface area contributed by atoms with E-state index in [9.17, 15) is 0 Å². The SMILES string of the molecule is CC.Cc1cccc2c1C=CC2.Cn1ccc2ccccc21. The van der Waals surface area contributed by atoms with E-state index in [-0.39, 0.29) is 0 Å². The maximum Gasteiger partial charge on any atom is 0.0477 e. The van der Waals surface area contributed by atoms with E-state index in [0.29, 0.717) is 0 Å². The highest BCUT2D eigenvalue weighted by molar-refractivity contribution is 5.79. The van der Waals surface area contributed by atoms with Gasteiger partial charge in [0.1, 0.15) is 0 Å². The standard InChI is InChI=1S/C10H10.C9H9N.C2H6/c1-8-4-2-5-9-6-3-7-10(8)9;1-10-7-6-8-4-2-3-5-9(8)10;1-2/h2-5,7H,6H2,1H3;2-7H,1H3;1-2H3. The van der Waals surface area contributed by atoms with E-state index in [0.717, 1.165) is 6.42 Å². The van der Waals surface area contributed by atoms with Gasteiger partial charge in [0.25, 0.3) is 0 Å². The van der Waals surface area contributed by atoms with Crippen LogP contribution in [0, 0.1) is 6.92 Å². The van der Waals surface area contributed by atoms with Crippen LogP contribution in [0.2, 0.25) is 0 Å². The summed E-state index contributed by atoms with van der Waals surface area (Å²) < 4.78 is 2.12. The number of rotatable bonds is 0. The van der Waals surface area contributed by atoms with Crippen molar-refractivity contribution in [3.63, 3.8) is 0 Å². The Morgan fingerprint density at radius 3 is 2.41 bits per heavy atom. The van der Waals surface area contributed by atoms with Gasteiger partial charge in [-0.3, -0.25) is 0 Å². The van der Waals surface area contributed by atoms with Crippen LogP contribution in [0.15, 0.2) is 60.8 Å². The highest BCUT2D eigenvalue weighted by Crippen LogP contribution is 2.21. The summed E-state index contributed by atoms with van der Waals surface area (Å²) in [5.41, 5.74) is 5.59. The Hall–Kier alpha value is -2.28. The Morgan fingerprint density at radius 1 is 0.909 bits per heavy atom. The summed E-state index contributed by atoms with van der Waals surface area (Å²) in [6, 6.07) is 17.0. The summed E-state index contributed by atoms with van der Waals surface area (Å²) in [7, 11) is 2.06. The molecule has 0 N–H and O–H groups in total. The van der Waals surface area contributed by atoms with Crippen LogP contribution in [0.25, 0.3) is 17.0 Å². The highest BCUT2D eigenvalue weighted by Gasteiger charge is 2.04. The number of aromatic nitrogens is 1. The van der Waals surface area contributed by atoms with Crippen molar-refractivity contribution in [2.45, 2.75) is 27.2 Å². The molecule has 114 valence electrons. The zero-order valence-electron chi connectivity index (χ0n) is 14.0. The average Bonchev–Trinajstić information content (AvgIpc) is 3.19. The molecule has 0 fully saturated rings. The van der Waals surface area contributed by atoms with Gasteiger partial charge in [0.2, 0.25) is 0 Å². The summed E-state index contributed by atoms with van der Waals surface area (Å²) >= 11 is 0. The Balaban J connectivity index is 0.000000144. The molecule has 0 saturated heterocycles. The second-order valence-corrected chi connectivity index (χ2v) is 5.24. The Kier molecular flexibility index (Phi) is 5.60. The van der Waals surface area contributed by atoms with E-state index in [1.54, 1.807) is 0 Å². The number of benzene rings is 2. The van der Waals surface area contributed by atoms with Gasteiger partial charge in [-0.2, -0.15) is 0 Å². The molecule has 1 aromatic heterocycles. The summed E-state index contributed by atoms with van der Waals surface area (Å²) in [4.78, 5) is 0. The number of para-hydroxylation sites is 1. The van der Waals surface area contributed by atoms with Gasteiger partial charge in [0.05, 0.1) is 0 Å². The lowest BCUT2D eigenvalue weighted by atomic mass is 10.1. The van der Waals surface area contributed by atoms with Gasteiger partial charge in [0.15, 0.2) is 0 Å². The largest absolute Gasteiger partial charge is 0.351 e. The lowest BCUT2D eigenvalue weighted by Gasteiger charge is -2.00. The highest BCUT2D eigenvalue weighted by atomic mass is 14.9. The molecule has 1 heteroatoms. The van der Waals surface area contributed by atoms with Crippen molar-refractivity contribution in [1.29, 1.82) is 0 Å². The van der Waals surface area contributed by atoms with Crippen LogP contribution in [0.1, 0.15) is 30.5 Å². The Morgan fingerprint density at radius 2 is 1.68 bits per heavy atom. The van der Waals surface area contributed by atoms with E-state index in [4.69, 9.17) is 0 Å². The summed E-state index contributed by atoms with van der Waals surface area (Å²) in [5, 5.41) is 1.31. The van der Waals surface area contributed by atoms with Crippen molar-refractivity contribution < 1.29 is 0 Å². The quantitative estimate of drug-likeness (QED) is 0.495. The lowest BCUT2D eigenvalue weighted by Crippen LogP contribution is -1.83. The van der Waals surface area contributed by atoms with Crippen molar-refractivity contribution >= 4 is 17.0 Å². The lowest BCUT2D eigenvalue weighted by molar-refractivity contribution is 0.969. The zero-order chi connectivity index (χ0) is 15.9. The second-order valence-electron chi connectivity index (χ2n) is 5.24. The van der Waals surface area contributed by atoms with Gasteiger partial charge in [0, 0.05) is 18.8 Å². The number of hydrogen-bond acceptors (Lipinski definition) is 0. The van der Waals surface area contributed by atoms with Gasteiger partial charge in [-0.1, -0.05) is 62.4 Å². The summed E-state index contributed by atoms with van der Waals surface area (Å²) in [5.74, 6) is 0. The topological polar surface area (TPSA) is 4.93 Å². The van der Waals surface area contributed by atoms with Crippen LogP contribution in [-0.4, -0.2) is 4.57 Å². The molecular formula is C21H25N. The predicted molar refractivity (Wildman–Crippen MR) is 98.2 cm³/mol. The Bertz CT molecular complexity index is 762. The van der Waals surface area contributed by atoms with Crippen LogP contribution in [-0.2, 0) is 13.5 Å². The number of hydrogen-bond donors (Lipinski definition) is 0. The third kappa shape index (κ3) is 3.48. The number of nitrogens with zero attached hydrogens (tertiary/aromatic N) is 1. The van der Waals surface area contributed by atoms with Crippen LogP contribution < -0.4 is 0 Å². The van der Waals surface area contributed by atoms with Crippen LogP contribution in [0.5, 0.6) is 0 Å². The molecule has 0 amide bonds. The normalized spacial score (nSPS) is 11.3. The molecule has 0 bridgehead atoms. The number of fused-ring (bicyclic) bond motifs is 2. The third-order valence-corrected chi connectivity index (χ3v) is 3.83. The van der Waals surface area contributed by atoms with E-state index in [1.165, 1.54) is 27.6 Å². The molecule has 4 rings (SSSR count). The smallest absolute Gasteiger partial charge is 0.0477 e. The first-order valence-electron chi connectivity index (χ1n) is 8.01. The monoisotopic (exact) mass is 291 g/mol. The first kappa shape index (κ1) is 16.1. The number of allylic oxidation sites excluding steroid dienone is 1. The molecule has 1 aliphatic carbocycles. The molecule has 0 radical (unpaired) electrons. The molecule has 1 heterocycles. The minimum atomic E-state index is 1.12. The van der Waals surface area contributed by atoms with Gasteiger partial charge < -0.3 is 4.57 Å². The maximum atomic E-state index is 2.22. The van der Waals surface area contributed by atoms with Gasteiger partial charge in [-0.15, -0.1) is 0 Å². The maximum absolute atomic E-state index is 2.22. The molecule has 1 nitrogen and oxygen atoms in total. The van der Waals surface area contributed by atoms with E-state index >= 15 is 0 Å².